The number of benzene rings is 2. The quantitative estimate of drug-likeness (QED) is 0.814. The second-order valence-electron chi connectivity index (χ2n) is 5.92. The molecule has 3 atom stereocenters. The van der Waals surface area contributed by atoms with E-state index in [2.05, 4.69) is 23.5 Å². The minimum absolute atomic E-state index is 0.0370. The molecule has 4 rings (SSSR count). The van der Waals surface area contributed by atoms with E-state index in [1.807, 2.05) is 24.3 Å². The van der Waals surface area contributed by atoms with Crippen LogP contribution in [0.3, 0.4) is 0 Å². The van der Waals surface area contributed by atoms with Gasteiger partial charge in [0.2, 0.25) is 0 Å². The van der Waals surface area contributed by atoms with Gasteiger partial charge in [0.25, 0.3) is 0 Å². The Labute approximate surface area is 129 Å². The number of allylic oxidation sites excluding steroid dienone is 2. The Balaban J connectivity index is 1.85. The van der Waals surface area contributed by atoms with Gasteiger partial charge in [-0.2, -0.15) is 0 Å². The molecule has 2 aromatic carbocycles. The molecule has 0 spiro atoms. The lowest BCUT2D eigenvalue weighted by atomic mass is 9.77. The molecule has 0 saturated heterocycles. The number of rotatable bonds is 2. The highest BCUT2D eigenvalue weighted by molar-refractivity contribution is 5.67. The average Bonchev–Trinajstić information content (AvgIpc) is 3.04. The van der Waals surface area contributed by atoms with Crippen LogP contribution in [0.15, 0.2) is 54.6 Å². The van der Waals surface area contributed by atoms with Crippen molar-refractivity contribution in [3.05, 3.63) is 71.6 Å². The number of nitrogens with one attached hydrogen (secondary N) is 1. The number of ether oxygens (including phenoxy) is 1. The third kappa shape index (κ3) is 1.92. The first kappa shape index (κ1) is 13.4. The van der Waals surface area contributed by atoms with Gasteiger partial charge in [0.15, 0.2) is 0 Å². The van der Waals surface area contributed by atoms with Crippen molar-refractivity contribution in [3.8, 4) is 5.75 Å². The lowest BCUT2D eigenvalue weighted by molar-refractivity contribution is 0.392. The summed E-state index contributed by atoms with van der Waals surface area (Å²) < 4.78 is 19.8. The fraction of sp³-hybridized carbons (Fsp3) is 0.263. The predicted molar refractivity (Wildman–Crippen MR) is 85.7 cm³/mol. The summed E-state index contributed by atoms with van der Waals surface area (Å²) in [6, 6.07) is 13.1. The minimum atomic E-state index is -0.149. The average molecular weight is 295 g/mol. The van der Waals surface area contributed by atoms with Crippen LogP contribution in [0.1, 0.15) is 29.5 Å². The summed E-state index contributed by atoms with van der Waals surface area (Å²) in [6.45, 7) is 0. The third-order valence-corrected chi connectivity index (χ3v) is 4.82. The molecular formula is C19H18FNO. The van der Waals surface area contributed by atoms with E-state index in [9.17, 15) is 4.39 Å². The Kier molecular flexibility index (Phi) is 3.14. The van der Waals surface area contributed by atoms with Gasteiger partial charge in [-0.3, -0.25) is 0 Å². The van der Waals surface area contributed by atoms with Crippen molar-refractivity contribution >= 4 is 5.69 Å². The molecule has 2 aromatic rings. The van der Waals surface area contributed by atoms with Crippen molar-refractivity contribution in [1.29, 1.82) is 0 Å². The molecule has 0 fully saturated rings. The zero-order valence-corrected chi connectivity index (χ0v) is 12.4. The molecular weight excluding hydrogens is 277 g/mol. The molecule has 2 nitrogen and oxygen atoms in total. The summed E-state index contributed by atoms with van der Waals surface area (Å²) in [5, 5.41) is 3.54. The highest BCUT2D eigenvalue weighted by Crippen LogP contribution is 2.52. The molecule has 0 amide bonds. The maximum Gasteiger partial charge on any atom is 0.142 e. The van der Waals surface area contributed by atoms with Crippen LogP contribution >= 0.6 is 0 Å². The van der Waals surface area contributed by atoms with Gasteiger partial charge in [-0.25, -0.2) is 4.39 Å². The first-order chi connectivity index (χ1) is 10.8. The zero-order valence-electron chi connectivity index (χ0n) is 12.4. The Morgan fingerprint density at radius 2 is 1.91 bits per heavy atom. The van der Waals surface area contributed by atoms with E-state index < -0.39 is 0 Å². The van der Waals surface area contributed by atoms with Gasteiger partial charge in [0, 0.05) is 11.5 Å². The number of hydrogen-bond acceptors (Lipinski definition) is 2. The molecule has 0 aromatic heterocycles. The van der Waals surface area contributed by atoms with Crippen LogP contribution in [0.25, 0.3) is 0 Å². The van der Waals surface area contributed by atoms with Gasteiger partial charge in [0.05, 0.1) is 18.8 Å². The molecule has 3 heteroatoms. The van der Waals surface area contributed by atoms with Gasteiger partial charge in [0.1, 0.15) is 11.6 Å². The Morgan fingerprint density at radius 3 is 2.73 bits per heavy atom. The number of hydrogen-bond donors (Lipinski definition) is 1. The fourth-order valence-electron chi connectivity index (χ4n) is 3.80. The summed E-state index contributed by atoms with van der Waals surface area (Å²) in [5.41, 5.74) is 2.97. The predicted octanol–water partition coefficient (Wildman–Crippen LogP) is 4.66. The molecule has 2 aliphatic rings. The molecule has 1 N–H and O–H groups in total. The summed E-state index contributed by atoms with van der Waals surface area (Å²) >= 11 is 0. The first-order valence-corrected chi connectivity index (χ1v) is 7.64. The molecule has 1 aliphatic carbocycles. The molecule has 0 radical (unpaired) electrons. The molecule has 1 aliphatic heterocycles. The molecule has 1 heterocycles. The largest absolute Gasteiger partial charge is 0.495 e. The second kappa shape index (κ2) is 5.16. The Bertz CT molecular complexity index is 740. The smallest absolute Gasteiger partial charge is 0.142 e. The molecule has 112 valence electrons. The van der Waals surface area contributed by atoms with Gasteiger partial charge in [-0.1, -0.05) is 42.5 Å². The van der Waals surface area contributed by atoms with Gasteiger partial charge in [-0.15, -0.1) is 0 Å². The van der Waals surface area contributed by atoms with Gasteiger partial charge >= 0.3 is 0 Å². The van der Waals surface area contributed by atoms with E-state index in [4.69, 9.17) is 4.74 Å². The van der Waals surface area contributed by atoms with Crippen LogP contribution in [0.4, 0.5) is 10.1 Å². The topological polar surface area (TPSA) is 21.3 Å². The monoisotopic (exact) mass is 295 g/mol. The van der Waals surface area contributed by atoms with Crippen LogP contribution in [0, 0.1) is 11.7 Å². The molecule has 0 unspecified atom stereocenters. The minimum Gasteiger partial charge on any atom is -0.495 e. The number of para-hydroxylation sites is 1. The van der Waals surface area contributed by atoms with Crippen molar-refractivity contribution in [3.63, 3.8) is 0 Å². The summed E-state index contributed by atoms with van der Waals surface area (Å²) in [5.74, 6) is 1.33. The molecule has 0 saturated carbocycles. The first-order valence-electron chi connectivity index (χ1n) is 7.64. The SMILES string of the molecule is COc1cccc2c1N[C@H](c1ccccc1F)[C@H]1CC=C[C@H]21. The maximum atomic E-state index is 14.3. The lowest BCUT2D eigenvalue weighted by Crippen LogP contribution is -2.30. The van der Waals surface area contributed by atoms with Crippen LogP contribution in [0.2, 0.25) is 0 Å². The Hall–Kier alpha value is -2.29. The highest BCUT2D eigenvalue weighted by Gasteiger charge is 2.39. The van der Waals surface area contributed by atoms with E-state index in [-0.39, 0.29) is 11.9 Å². The number of methoxy groups -OCH3 is 1. The van der Waals surface area contributed by atoms with E-state index in [1.54, 1.807) is 13.2 Å². The number of halogens is 1. The highest BCUT2D eigenvalue weighted by atomic mass is 19.1. The van der Waals surface area contributed by atoms with Gasteiger partial charge < -0.3 is 10.1 Å². The summed E-state index contributed by atoms with van der Waals surface area (Å²) in [4.78, 5) is 0. The molecule has 22 heavy (non-hydrogen) atoms. The van der Waals surface area contributed by atoms with E-state index >= 15 is 0 Å². The van der Waals surface area contributed by atoms with E-state index in [0.29, 0.717) is 11.8 Å². The van der Waals surface area contributed by atoms with Crippen molar-refractivity contribution in [2.45, 2.75) is 18.4 Å². The normalized spacial score (nSPS) is 25.3. The van der Waals surface area contributed by atoms with Crippen molar-refractivity contribution < 1.29 is 9.13 Å². The van der Waals surface area contributed by atoms with Crippen LogP contribution in [-0.4, -0.2) is 7.11 Å². The Morgan fingerprint density at radius 1 is 1.09 bits per heavy atom. The number of fused-ring (bicyclic) bond motifs is 3. The zero-order chi connectivity index (χ0) is 15.1. The third-order valence-electron chi connectivity index (χ3n) is 4.82. The summed E-state index contributed by atoms with van der Waals surface area (Å²) in [6.07, 6.45) is 5.42. The standard InChI is InChI=1S/C19H18FNO/c1-22-17-11-5-9-14-12-7-4-8-13(12)18(21-19(14)17)15-6-2-3-10-16(15)20/h2-7,9-13,18,21H,8H2,1H3/t12-,13-,18-/m0/s1. The van der Waals surface area contributed by atoms with Crippen LogP contribution in [-0.2, 0) is 0 Å². The lowest BCUT2D eigenvalue weighted by Gasteiger charge is -2.38. The van der Waals surface area contributed by atoms with Crippen molar-refractivity contribution in [2.75, 3.05) is 12.4 Å². The van der Waals surface area contributed by atoms with Crippen molar-refractivity contribution in [2.24, 2.45) is 5.92 Å². The van der Waals surface area contributed by atoms with Crippen LogP contribution < -0.4 is 10.1 Å². The van der Waals surface area contributed by atoms with Gasteiger partial charge in [-0.05, 0) is 30.0 Å². The van der Waals surface area contributed by atoms with E-state index in [1.165, 1.54) is 11.6 Å². The fourth-order valence-corrected chi connectivity index (χ4v) is 3.80. The second-order valence-corrected chi connectivity index (χ2v) is 5.92. The number of anilines is 1. The summed E-state index contributed by atoms with van der Waals surface area (Å²) in [7, 11) is 1.67. The van der Waals surface area contributed by atoms with Crippen LogP contribution in [0.5, 0.6) is 5.75 Å². The molecule has 0 bridgehead atoms. The maximum absolute atomic E-state index is 14.3. The van der Waals surface area contributed by atoms with E-state index in [0.717, 1.165) is 23.4 Å². The van der Waals surface area contributed by atoms with Crippen molar-refractivity contribution in [1.82, 2.24) is 0 Å².